The number of nitrogens with two attached hydrogens (primary N) is 1. The van der Waals surface area contributed by atoms with Crippen LogP contribution in [-0.4, -0.2) is 11.0 Å². The van der Waals surface area contributed by atoms with Crippen LogP contribution in [-0.2, 0) is 0 Å². The minimum atomic E-state index is -0.0439. The third-order valence-electron chi connectivity index (χ3n) is 2.45. The summed E-state index contributed by atoms with van der Waals surface area (Å²) in [6.45, 7) is 0. The first-order valence-corrected chi connectivity index (χ1v) is 7.38. The molecule has 20 heavy (non-hydrogen) atoms. The molecule has 0 spiro atoms. The van der Waals surface area contributed by atoms with Crippen LogP contribution in [0.25, 0.3) is 0 Å². The molecule has 0 unspecified atom stereocenters. The second kappa shape index (κ2) is 6.47. The summed E-state index contributed by atoms with van der Waals surface area (Å²) < 4.78 is 7.16. The highest BCUT2D eigenvalue weighted by atomic mass is 79.9. The normalized spacial score (nSPS) is 11.4. The van der Waals surface area contributed by atoms with Gasteiger partial charge in [-0.3, -0.25) is 0 Å². The van der Waals surface area contributed by atoms with E-state index in [9.17, 15) is 0 Å². The van der Waals surface area contributed by atoms with Crippen molar-refractivity contribution >= 4 is 49.3 Å². The average Bonchev–Trinajstić information content (AvgIpc) is 2.41. The van der Waals surface area contributed by atoms with Gasteiger partial charge in [-0.2, -0.15) is 0 Å². The second-order valence-corrected chi connectivity index (χ2v) is 5.92. The minimum Gasteiger partial charge on any atom is -0.455 e. The molecule has 0 bridgehead atoms. The van der Waals surface area contributed by atoms with Crippen LogP contribution >= 0.6 is 43.5 Å². The highest BCUT2D eigenvalue weighted by molar-refractivity contribution is 9.10. The third kappa shape index (κ3) is 3.26. The van der Waals surface area contributed by atoms with Gasteiger partial charge in [0, 0.05) is 9.50 Å². The second-order valence-electron chi connectivity index (χ2n) is 3.78. The van der Waals surface area contributed by atoms with Crippen LogP contribution in [0.1, 0.15) is 5.56 Å². The summed E-state index contributed by atoms with van der Waals surface area (Å²) in [6, 6.07) is 10.4. The predicted molar refractivity (Wildman–Crippen MR) is 85.9 cm³/mol. The molecule has 2 aromatic rings. The molecule has 0 fully saturated rings. The SMILES string of the molecule is N/C(=N/O)c1c(Br)cccc1Oc1ccc(Cl)cc1Br. The lowest BCUT2D eigenvalue weighted by molar-refractivity contribution is 0.318. The van der Waals surface area contributed by atoms with Crippen LogP contribution < -0.4 is 10.5 Å². The molecule has 0 amide bonds. The number of hydrogen-bond donors (Lipinski definition) is 2. The zero-order valence-electron chi connectivity index (χ0n) is 9.98. The Balaban J connectivity index is 2.46. The molecule has 7 heteroatoms. The quantitative estimate of drug-likeness (QED) is 0.326. The van der Waals surface area contributed by atoms with Gasteiger partial charge in [0.2, 0.25) is 0 Å². The van der Waals surface area contributed by atoms with Crippen molar-refractivity contribution < 1.29 is 9.94 Å². The van der Waals surface area contributed by atoms with E-state index in [1.165, 1.54) is 0 Å². The van der Waals surface area contributed by atoms with E-state index in [0.29, 0.717) is 31.0 Å². The van der Waals surface area contributed by atoms with Crippen molar-refractivity contribution in [2.45, 2.75) is 0 Å². The fourth-order valence-electron chi connectivity index (χ4n) is 1.56. The number of benzene rings is 2. The molecule has 0 heterocycles. The summed E-state index contributed by atoms with van der Waals surface area (Å²) >= 11 is 12.6. The fraction of sp³-hybridized carbons (Fsp3) is 0. The summed E-state index contributed by atoms with van der Waals surface area (Å²) in [6.07, 6.45) is 0. The minimum absolute atomic E-state index is 0.0439. The zero-order chi connectivity index (χ0) is 14.7. The smallest absolute Gasteiger partial charge is 0.175 e. The van der Waals surface area contributed by atoms with Crippen molar-refractivity contribution in [1.82, 2.24) is 0 Å². The van der Waals surface area contributed by atoms with E-state index in [-0.39, 0.29) is 5.84 Å². The summed E-state index contributed by atoms with van der Waals surface area (Å²) in [5, 5.41) is 12.5. The molecular weight excluding hydrogens is 411 g/mol. The van der Waals surface area contributed by atoms with Crippen molar-refractivity contribution in [2.24, 2.45) is 10.9 Å². The first kappa shape index (κ1) is 15.2. The number of nitrogens with zero attached hydrogens (tertiary/aromatic N) is 1. The topological polar surface area (TPSA) is 67.8 Å². The van der Waals surface area contributed by atoms with E-state index in [2.05, 4.69) is 37.0 Å². The van der Waals surface area contributed by atoms with Crippen molar-refractivity contribution in [1.29, 1.82) is 0 Å². The summed E-state index contributed by atoms with van der Waals surface area (Å²) in [5.74, 6) is 0.981. The molecular formula is C13H9Br2ClN2O2. The van der Waals surface area contributed by atoms with Crippen LogP contribution in [0.4, 0.5) is 0 Å². The Bertz CT molecular complexity index is 677. The van der Waals surface area contributed by atoms with Crippen LogP contribution in [0.15, 0.2) is 50.5 Å². The van der Waals surface area contributed by atoms with Crippen molar-refractivity contribution in [2.75, 3.05) is 0 Å². The van der Waals surface area contributed by atoms with Crippen molar-refractivity contribution in [3.63, 3.8) is 0 Å². The molecule has 0 saturated heterocycles. The van der Waals surface area contributed by atoms with Gasteiger partial charge in [-0.25, -0.2) is 0 Å². The Labute approximate surface area is 137 Å². The van der Waals surface area contributed by atoms with E-state index >= 15 is 0 Å². The van der Waals surface area contributed by atoms with Gasteiger partial charge >= 0.3 is 0 Å². The molecule has 4 nitrogen and oxygen atoms in total. The molecule has 0 aromatic heterocycles. The number of amidine groups is 1. The monoisotopic (exact) mass is 418 g/mol. The fourth-order valence-corrected chi connectivity index (χ4v) is 2.88. The number of halogens is 3. The van der Waals surface area contributed by atoms with E-state index < -0.39 is 0 Å². The van der Waals surface area contributed by atoms with Gasteiger partial charge in [-0.1, -0.05) is 22.8 Å². The van der Waals surface area contributed by atoms with Crippen LogP contribution in [0.3, 0.4) is 0 Å². The lowest BCUT2D eigenvalue weighted by atomic mass is 10.2. The molecule has 0 aliphatic carbocycles. The Morgan fingerprint density at radius 2 is 1.90 bits per heavy atom. The predicted octanol–water partition coefficient (Wildman–Crippen LogP) is 4.75. The standard InChI is InChI=1S/C13H9Br2ClN2O2/c14-8-2-1-3-11(12(8)13(17)18-19)20-10-5-4-7(16)6-9(10)15/h1-6,19H,(H2,17,18). The van der Waals surface area contributed by atoms with Crippen LogP contribution in [0, 0.1) is 0 Å². The van der Waals surface area contributed by atoms with Crippen molar-refractivity contribution in [3.8, 4) is 11.5 Å². The number of hydrogen-bond acceptors (Lipinski definition) is 3. The summed E-state index contributed by atoms with van der Waals surface area (Å²) in [7, 11) is 0. The third-order valence-corrected chi connectivity index (χ3v) is 3.97. The van der Waals surface area contributed by atoms with E-state index in [0.717, 1.165) is 0 Å². The van der Waals surface area contributed by atoms with Crippen molar-refractivity contribution in [3.05, 3.63) is 55.9 Å². The maximum absolute atomic E-state index is 8.85. The highest BCUT2D eigenvalue weighted by Gasteiger charge is 2.14. The van der Waals surface area contributed by atoms with Gasteiger partial charge in [-0.15, -0.1) is 0 Å². The maximum atomic E-state index is 8.85. The molecule has 0 radical (unpaired) electrons. The van der Waals surface area contributed by atoms with E-state index in [1.54, 1.807) is 36.4 Å². The van der Waals surface area contributed by atoms with E-state index in [4.69, 9.17) is 27.3 Å². The Kier molecular flexibility index (Phi) is 4.91. The number of ether oxygens (including phenoxy) is 1. The van der Waals surface area contributed by atoms with Gasteiger partial charge in [0.05, 0.1) is 10.0 Å². The Hall–Kier alpha value is -1.24. The zero-order valence-corrected chi connectivity index (χ0v) is 13.9. The summed E-state index contributed by atoms with van der Waals surface area (Å²) in [4.78, 5) is 0. The van der Waals surface area contributed by atoms with Crippen LogP contribution in [0.2, 0.25) is 5.02 Å². The molecule has 0 aliphatic rings. The van der Waals surface area contributed by atoms with Gasteiger partial charge in [0.15, 0.2) is 5.84 Å². The Morgan fingerprint density at radius 1 is 1.15 bits per heavy atom. The first-order valence-electron chi connectivity index (χ1n) is 5.42. The van der Waals surface area contributed by atoms with Crippen LogP contribution in [0.5, 0.6) is 11.5 Å². The highest BCUT2D eigenvalue weighted by Crippen LogP contribution is 2.35. The van der Waals surface area contributed by atoms with Gasteiger partial charge in [0.1, 0.15) is 11.5 Å². The number of rotatable bonds is 3. The molecule has 0 atom stereocenters. The number of oxime groups is 1. The van der Waals surface area contributed by atoms with Gasteiger partial charge in [0.25, 0.3) is 0 Å². The molecule has 3 N–H and O–H groups in total. The molecule has 0 saturated carbocycles. The largest absolute Gasteiger partial charge is 0.455 e. The molecule has 104 valence electrons. The maximum Gasteiger partial charge on any atom is 0.175 e. The first-order chi connectivity index (χ1) is 9.52. The molecule has 2 aromatic carbocycles. The summed E-state index contributed by atoms with van der Waals surface area (Å²) in [5.41, 5.74) is 6.14. The molecule has 2 rings (SSSR count). The van der Waals surface area contributed by atoms with Gasteiger partial charge < -0.3 is 15.7 Å². The Morgan fingerprint density at radius 3 is 2.55 bits per heavy atom. The van der Waals surface area contributed by atoms with Gasteiger partial charge in [-0.05, 0) is 62.2 Å². The average molecular weight is 420 g/mol. The lowest BCUT2D eigenvalue weighted by Gasteiger charge is -2.13. The lowest BCUT2D eigenvalue weighted by Crippen LogP contribution is -2.15. The molecule has 0 aliphatic heterocycles. The van der Waals surface area contributed by atoms with E-state index in [1.807, 2.05) is 0 Å².